The van der Waals surface area contributed by atoms with Crippen LogP contribution in [-0.4, -0.2) is 25.7 Å². The monoisotopic (exact) mass is 226 g/mol. The number of halogens is 2. The van der Waals surface area contributed by atoms with Crippen molar-refractivity contribution in [1.29, 1.82) is 0 Å². The molecule has 0 aliphatic carbocycles. The van der Waals surface area contributed by atoms with E-state index in [-0.39, 0.29) is 0 Å². The molecule has 1 aromatic carbocycles. The van der Waals surface area contributed by atoms with Gasteiger partial charge in [0.2, 0.25) is 0 Å². The summed E-state index contributed by atoms with van der Waals surface area (Å²) in [4.78, 5) is 2.02. The lowest BCUT2D eigenvalue weighted by atomic mass is 10.2. The molecule has 1 atom stereocenters. The summed E-state index contributed by atoms with van der Waals surface area (Å²) >= 11 is 0. The quantitative estimate of drug-likeness (QED) is 0.789. The molecule has 1 unspecified atom stereocenters. The number of anilines is 1. The molecule has 88 valence electrons. The van der Waals surface area contributed by atoms with Crippen molar-refractivity contribution in [3.05, 3.63) is 29.8 Å². The van der Waals surface area contributed by atoms with Gasteiger partial charge in [0.25, 0.3) is 0 Å². The first-order chi connectivity index (χ1) is 7.65. The molecule has 0 radical (unpaired) electrons. The van der Waals surface area contributed by atoms with Crippen LogP contribution in [0.5, 0.6) is 0 Å². The first kappa shape index (κ1) is 11.3. The molecule has 1 N–H and O–H groups in total. The van der Waals surface area contributed by atoms with E-state index >= 15 is 0 Å². The van der Waals surface area contributed by atoms with Gasteiger partial charge in [0.15, 0.2) is 0 Å². The molecule has 0 bridgehead atoms. The third kappa shape index (κ3) is 2.70. The van der Waals surface area contributed by atoms with E-state index in [1.165, 1.54) is 12.1 Å². The van der Waals surface area contributed by atoms with Crippen molar-refractivity contribution in [2.24, 2.45) is 0 Å². The predicted octanol–water partition coefficient (Wildman–Crippen LogP) is 2.15. The Labute approximate surface area is 94.3 Å². The summed E-state index contributed by atoms with van der Waals surface area (Å²) in [6.45, 7) is 4.65. The maximum Gasteiger partial charge on any atom is 0.128 e. The standard InChI is InChI=1S/C12H16F2N2/c1-9-8-16(4-2-3-15-9)12-6-10(13)5-11(14)7-12/h5-7,9,15H,2-4,8H2,1H3. The molecule has 4 heteroatoms. The highest BCUT2D eigenvalue weighted by Gasteiger charge is 2.15. The zero-order chi connectivity index (χ0) is 11.5. The Bertz CT molecular complexity index is 348. The molecule has 1 aliphatic heterocycles. The fourth-order valence-electron chi connectivity index (χ4n) is 2.06. The molecule has 2 nitrogen and oxygen atoms in total. The van der Waals surface area contributed by atoms with E-state index < -0.39 is 11.6 Å². The molecule has 2 rings (SSSR count). The normalized spacial score (nSPS) is 21.9. The summed E-state index contributed by atoms with van der Waals surface area (Å²) < 4.78 is 26.2. The van der Waals surface area contributed by atoms with Crippen molar-refractivity contribution in [1.82, 2.24) is 5.32 Å². The number of rotatable bonds is 1. The lowest BCUT2D eigenvalue weighted by Gasteiger charge is -2.24. The van der Waals surface area contributed by atoms with Crippen LogP contribution in [0.4, 0.5) is 14.5 Å². The summed E-state index contributed by atoms with van der Waals surface area (Å²) in [5.74, 6) is -1.03. The number of benzene rings is 1. The molecule has 1 heterocycles. The van der Waals surface area contributed by atoms with Gasteiger partial charge in [-0.1, -0.05) is 0 Å². The molecular formula is C12H16F2N2. The number of hydrogen-bond donors (Lipinski definition) is 1. The Morgan fingerprint density at radius 3 is 2.62 bits per heavy atom. The Balaban J connectivity index is 2.21. The smallest absolute Gasteiger partial charge is 0.128 e. The molecule has 1 saturated heterocycles. The maximum atomic E-state index is 13.1. The molecule has 0 amide bonds. The second-order valence-corrected chi connectivity index (χ2v) is 4.28. The zero-order valence-electron chi connectivity index (χ0n) is 9.34. The first-order valence-corrected chi connectivity index (χ1v) is 5.59. The Morgan fingerprint density at radius 1 is 1.25 bits per heavy atom. The fourth-order valence-corrected chi connectivity index (χ4v) is 2.06. The highest BCUT2D eigenvalue weighted by atomic mass is 19.1. The molecule has 1 aromatic rings. The summed E-state index contributed by atoms with van der Waals surface area (Å²) in [6, 6.07) is 4.03. The number of hydrogen-bond acceptors (Lipinski definition) is 2. The minimum absolute atomic E-state index is 0.342. The Kier molecular flexibility index (Phi) is 3.39. The summed E-state index contributed by atoms with van der Waals surface area (Å²) in [5.41, 5.74) is 0.632. The lowest BCUT2D eigenvalue weighted by molar-refractivity contribution is 0.574. The van der Waals surface area contributed by atoms with Crippen LogP contribution in [0.25, 0.3) is 0 Å². The van der Waals surface area contributed by atoms with Gasteiger partial charge in [-0.2, -0.15) is 0 Å². The molecule has 0 spiro atoms. The second-order valence-electron chi connectivity index (χ2n) is 4.28. The van der Waals surface area contributed by atoms with E-state index in [0.29, 0.717) is 11.7 Å². The van der Waals surface area contributed by atoms with Crippen LogP contribution in [0.2, 0.25) is 0 Å². The predicted molar refractivity (Wildman–Crippen MR) is 60.7 cm³/mol. The van der Waals surface area contributed by atoms with E-state index in [1.54, 1.807) is 0 Å². The van der Waals surface area contributed by atoms with E-state index in [0.717, 1.165) is 32.1 Å². The van der Waals surface area contributed by atoms with Crippen LogP contribution in [0.15, 0.2) is 18.2 Å². The number of nitrogens with zero attached hydrogens (tertiary/aromatic N) is 1. The third-order valence-corrected chi connectivity index (χ3v) is 2.80. The average molecular weight is 226 g/mol. The van der Waals surface area contributed by atoms with Gasteiger partial charge in [0.05, 0.1) is 0 Å². The van der Waals surface area contributed by atoms with Crippen molar-refractivity contribution in [2.45, 2.75) is 19.4 Å². The Morgan fingerprint density at radius 2 is 1.94 bits per heavy atom. The van der Waals surface area contributed by atoms with Crippen LogP contribution >= 0.6 is 0 Å². The van der Waals surface area contributed by atoms with E-state index in [2.05, 4.69) is 12.2 Å². The van der Waals surface area contributed by atoms with Crippen LogP contribution in [-0.2, 0) is 0 Å². The topological polar surface area (TPSA) is 15.3 Å². The highest BCUT2D eigenvalue weighted by molar-refractivity contribution is 5.47. The fraction of sp³-hybridized carbons (Fsp3) is 0.500. The van der Waals surface area contributed by atoms with Crippen LogP contribution in [0.1, 0.15) is 13.3 Å². The lowest BCUT2D eigenvalue weighted by Crippen LogP contribution is -2.35. The summed E-state index contributed by atoms with van der Waals surface area (Å²) in [7, 11) is 0. The summed E-state index contributed by atoms with van der Waals surface area (Å²) in [5, 5.41) is 3.34. The highest BCUT2D eigenvalue weighted by Crippen LogP contribution is 2.19. The van der Waals surface area contributed by atoms with Gasteiger partial charge >= 0.3 is 0 Å². The van der Waals surface area contributed by atoms with Crippen LogP contribution in [0.3, 0.4) is 0 Å². The molecule has 0 aromatic heterocycles. The van der Waals surface area contributed by atoms with Crippen molar-refractivity contribution >= 4 is 5.69 Å². The van der Waals surface area contributed by atoms with E-state index in [9.17, 15) is 8.78 Å². The van der Waals surface area contributed by atoms with Gasteiger partial charge in [0.1, 0.15) is 11.6 Å². The van der Waals surface area contributed by atoms with Gasteiger partial charge in [-0.15, -0.1) is 0 Å². The van der Waals surface area contributed by atoms with Gasteiger partial charge in [-0.3, -0.25) is 0 Å². The van der Waals surface area contributed by atoms with Crippen molar-refractivity contribution in [3.8, 4) is 0 Å². The molecule has 16 heavy (non-hydrogen) atoms. The van der Waals surface area contributed by atoms with E-state index in [1.807, 2.05) is 4.90 Å². The van der Waals surface area contributed by atoms with Crippen molar-refractivity contribution in [2.75, 3.05) is 24.5 Å². The zero-order valence-corrected chi connectivity index (χ0v) is 9.34. The van der Waals surface area contributed by atoms with Gasteiger partial charge in [-0.25, -0.2) is 8.78 Å². The maximum absolute atomic E-state index is 13.1. The SMILES string of the molecule is CC1CN(c2cc(F)cc(F)c2)CCCN1. The third-order valence-electron chi connectivity index (χ3n) is 2.80. The largest absolute Gasteiger partial charge is 0.370 e. The van der Waals surface area contributed by atoms with Gasteiger partial charge < -0.3 is 10.2 Å². The van der Waals surface area contributed by atoms with Gasteiger partial charge in [-0.05, 0) is 32.0 Å². The van der Waals surface area contributed by atoms with Crippen LogP contribution in [0, 0.1) is 11.6 Å². The van der Waals surface area contributed by atoms with Crippen molar-refractivity contribution in [3.63, 3.8) is 0 Å². The second kappa shape index (κ2) is 4.78. The molecule has 1 aliphatic rings. The number of nitrogens with one attached hydrogen (secondary N) is 1. The first-order valence-electron chi connectivity index (χ1n) is 5.59. The Hall–Kier alpha value is -1.16. The molecule has 1 fully saturated rings. The van der Waals surface area contributed by atoms with Crippen molar-refractivity contribution < 1.29 is 8.78 Å². The minimum Gasteiger partial charge on any atom is -0.370 e. The molecule has 0 saturated carbocycles. The minimum atomic E-state index is -0.514. The van der Waals surface area contributed by atoms with Crippen LogP contribution < -0.4 is 10.2 Å². The van der Waals surface area contributed by atoms with Gasteiger partial charge in [0, 0.05) is 30.9 Å². The average Bonchev–Trinajstić information content (AvgIpc) is 2.41. The van der Waals surface area contributed by atoms with E-state index in [4.69, 9.17) is 0 Å². The molecular weight excluding hydrogens is 210 g/mol. The summed E-state index contributed by atoms with van der Waals surface area (Å²) in [6.07, 6.45) is 0.989.